The molecule has 1 saturated heterocycles. The minimum Gasteiger partial charge on any atom is -0.341 e. The van der Waals surface area contributed by atoms with Crippen LogP contribution < -0.4 is 5.73 Å². The van der Waals surface area contributed by atoms with E-state index >= 15 is 0 Å². The molecule has 1 fully saturated rings. The van der Waals surface area contributed by atoms with Crippen molar-refractivity contribution in [2.45, 2.75) is 69.6 Å². The maximum Gasteiger partial charge on any atom is 0.246 e. The Labute approximate surface area is 274 Å². The summed E-state index contributed by atoms with van der Waals surface area (Å²) in [6.45, 7) is 5.66. The molecule has 1 aliphatic rings. The van der Waals surface area contributed by atoms with E-state index in [0.717, 1.165) is 47.8 Å². The Morgan fingerprint density at radius 3 is 2.07 bits per heavy atom. The fourth-order valence-corrected chi connectivity index (χ4v) is 6.13. The molecule has 46 heavy (non-hydrogen) atoms. The Balaban J connectivity index is 1.66. The Hall–Kier alpha value is -4.01. The largest absolute Gasteiger partial charge is 0.341 e. The standard InChI is InChI=1S/C38H51N5O3/c1-38(2,39)22-12-17-35(44)42(5)33(27-29-18-19-30-15-10-11-16-31(30)25-29)37(46)43(6)34(26-28-13-8-7-9-14-28)36(45)41(4)32-20-23-40(3)24-21-32/h7-19,25,32-34H,20-24,26-27,39H2,1-6H3/t33-,34-/m1/s1. The van der Waals surface area contributed by atoms with Crippen molar-refractivity contribution in [2.24, 2.45) is 5.73 Å². The topological polar surface area (TPSA) is 90.2 Å². The van der Waals surface area contributed by atoms with Crippen LogP contribution >= 0.6 is 0 Å². The van der Waals surface area contributed by atoms with Crippen LogP contribution in [0.4, 0.5) is 0 Å². The first-order valence-electron chi connectivity index (χ1n) is 16.3. The number of hydrogen-bond acceptors (Lipinski definition) is 5. The van der Waals surface area contributed by atoms with Gasteiger partial charge in [0.25, 0.3) is 0 Å². The Morgan fingerprint density at radius 1 is 0.826 bits per heavy atom. The second-order valence-electron chi connectivity index (χ2n) is 13.6. The van der Waals surface area contributed by atoms with Crippen molar-refractivity contribution in [1.29, 1.82) is 0 Å². The fourth-order valence-electron chi connectivity index (χ4n) is 6.13. The predicted octanol–water partition coefficient (Wildman–Crippen LogP) is 4.52. The second kappa shape index (κ2) is 15.5. The molecular formula is C38H51N5O3. The third kappa shape index (κ3) is 9.27. The molecule has 3 amide bonds. The number of nitrogens with zero attached hydrogens (tertiary/aromatic N) is 4. The van der Waals surface area contributed by atoms with Crippen LogP contribution in [0.1, 0.15) is 44.2 Å². The van der Waals surface area contributed by atoms with Crippen LogP contribution in [-0.4, -0.2) is 102 Å². The summed E-state index contributed by atoms with van der Waals surface area (Å²) in [7, 11) is 7.33. The number of nitrogens with two attached hydrogens (primary N) is 1. The van der Waals surface area contributed by atoms with Crippen molar-refractivity contribution >= 4 is 28.5 Å². The van der Waals surface area contributed by atoms with Gasteiger partial charge in [-0.05, 0) is 81.2 Å². The highest BCUT2D eigenvalue weighted by Crippen LogP contribution is 2.22. The van der Waals surface area contributed by atoms with Gasteiger partial charge in [-0.1, -0.05) is 78.9 Å². The van der Waals surface area contributed by atoms with E-state index < -0.39 is 17.6 Å². The molecule has 3 aromatic rings. The van der Waals surface area contributed by atoms with Crippen LogP contribution in [0.25, 0.3) is 10.8 Å². The van der Waals surface area contributed by atoms with Gasteiger partial charge in [0.15, 0.2) is 0 Å². The Bertz CT molecular complexity index is 1510. The second-order valence-corrected chi connectivity index (χ2v) is 13.6. The lowest BCUT2D eigenvalue weighted by Gasteiger charge is -2.39. The van der Waals surface area contributed by atoms with Crippen molar-refractivity contribution in [3.05, 3.63) is 96.1 Å². The maximum absolute atomic E-state index is 14.6. The molecule has 1 aliphatic heterocycles. The summed E-state index contributed by atoms with van der Waals surface area (Å²) in [6.07, 6.45) is 6.25. The molecule has 2 N–H and O–H groups in total. The van der Waals surface area contributed by atoms with E-state index in [0.29, 0.717) is 19.3 Å². The van der Waals surface area contributed by atoms with Gasteiger partial charge >= 0.3 is 0 Å². The van der Waals surface area contributed by atoms with E-state index in [9.17, 15) is 14.4 Å². The van der Waals surface area contributed by atoms with Crippen molar-refractivity contribution in [2.75, 3.05) is 41.3 Å². The zero-order valence-corrected chi connectivity index (χ0v) is 28.4. The normalized spacial score (nSPS) is 15.9. The fraction of sp³-hybridized carbons (Fsp3) is 0.447. The highest BCUT2D eigenvalue weighted by Gasteiger charge is 2.37. The van der Waals surface area contributed by atoms with Gasteiger partial charge in [0.1, 0.15) is 12.1 Å². The first kappa shape index (κ1) is 34.9. The summed E-state index contributed by atoms with van der Waals surface area (Å²) in [6, 6.07) is 22.6. The minimum atomic E-state index is -0.825. The van der Waals surface area contributed by atoms with Gasteiger partial charge in [-0.3, -0.25) is 14.4 Å². The van der Waals surface area contributed by atoms with Crippen LogP contribution in [0.2, 0.25) is 0 Å². The molecule has 1 heterocycles. The number of fused-ring (bicyclic) bond motifs is 1. The number of amides is 3. The number of rotatable bonds is 12. The lowest BCUT2D eigenvalue weighted by molar-refractivity contribution is -0.149. The first-order valence-corrected chi connectivity index (χ1v) is 16.3. The van der Waals surface area contributed by atoms with Crippen molar-refractivity contribution in [3.63, 3.8) is 0 Å². The smallest absolute Gasteiger partial charge is 0.246 e. The SMILES string of the molecule is CN1CCC(N(C)C(=O)[C@@H](Cc2ccccc2)N(C)C(=O)[C@@H](Cc2ccc3ccccc3c2)N(C)C(=O)C=CCC(C)(C)N)CC1. The number of carbonyl (C=O) groups excluding carboxylic acids is 3. The maximum atomic E-state index is 14.6. The number of likely N-dealkylation sites (tertiary alicyclic amines) is 1. The third-order valence-electron chi connectivity index (χ3n) is 9.20. The molecule has 8 heteroatoms. The number of likely N-dealkylation sites (N-methyl/N-ethyl adjacent to an activating group) is 3. The molecule has 0 aliphatic carbocycles. The lowest BCUT2D eigenvalue weighted by atomic mass is 9.97. The van der Waals surface area contributed by atoms with Crippen LogP contribution in [0.15, 0.2) is 84.9 Å². The summed E-state index contributed by atoms with van der Waals surface area (Å²) in [4.78, 5) is 49.5. The van der Waals surface area contributed by atoms with E-state index in [1.165, 1.54) is 11.0 Å². The summed E-state index contributed by atoms with van der Waals surface area (Å²) in [5.74, 6) is -0.647. The highest BCUT2D eigenvalue weighted by atomic mass is 16.2. The lowest BCUT2D eigenvalue weighted by Crippen LogP contribution is -2.57. The molecule has 0 aromatic heterocycles. The van der Waals surface area contributed by atoms with Crippen LogP contribution in [-0.2, 0) is 27.2 Å². The average Bonchev–Trinajstić information content (AvgIpc) is 3.04. The first-order chi connectivity index (χ1) is 21.8. The molecule has 0 radical (unpaired) electrons. The molecule has 8 nitrogen and oxygen atoms in total. The zero-order valence-electron chi connectivity index (χ0n) is 28.4. The van der Waals surface area contributed by atoms with Gasteiger partial charge in [-0.25, -0.2) is 0 Å². The summed E-state index contributed by atoms with van der Waals surface area (Å²) >= 11 is 0. The molecule has 2 atom stereocenters. The molecule has 0 unspecified atom stereocenters. The van der Waals surface area contributed by atoms with Crippen molar-refractivity contribution in [1.82, 2.24) is 19.6 Å². The van der Waals surface area contributed by atoms with Gasteiger partial charge in [0, 0.05) is 45.6 Å². The van der Waals surface area contributed by atoms with Crippen LogP contribution in [0.3, 0.4) is 0 Å². The van der Waals surface area contributed by atoms with Gasteiger partial charge in [0.05, 0.1) is 0 Å². The van der Waals surface area contributed by atoms with Gasteiger partial charge in [-0.2, -0.15) is 0 Å². The van der Waals surface area contributed by atoms with E-state index in [2.05, 4.69) is 24.1 Å². The molecule has 0 saturated carbocycles. The number of piperidine rings is 1. The van der Waals surface area contributed by atoms with Gasteiger partial charge < -0.3 is 25.3 Å². The van der Waals surface area contributed by atoms with E-state index in [4.69, 9.17) is 5.73 Å². The average molecular weight is 626 g/mol. The number of benzene rings is 3. The van der Waals surface area contributed by atoms with E-state index in [1.54, 1.807) is 25.1 Å². The van der Waals surface area contributed by atoms with Gasteiger partial charge in [0.2, 0.25) is 17.7 Å². The van der Waals surface area contributed by atoms with E-state index in [-0.39, 0.29) is 23.8 Å². The molecular weight excluding hydrogens is 574 g/mol. The summed E-state index contributed by atoms with van der Waals surface area (Å²) < 4.78 is 0. The van der Waals surface area contributed by atoms with Crippen molar-refractivity contribution in [3.8, 4) is 0 Å². The molecule has 3 aromatic carbocycles. The van der Waals surface area contributed by atoms with E-state index in [1.807, 2.05) is 86.5 Å². The zero-order chi connectivity index (χ0) is 33.4. The van der Waals surface area contributed by atoms with Crippen LogP contribution in [0.5, 0.6) is 0 Å². The minimum absolute atomic E-state index is 0.0854. The molecule has 246 valence electrons. The molecule has 4 rings (SSSR count). The predicted molar refractivity (Wildman–Crippen MR) is 186 cm³/mol. The Morgan fingerprint density at radius 2 is 1.41 bits per heavy atom. The molecule has 0 bridgehead atoms. The molecule has 0 spiro atoms. The Kier molecular flexibility index (Phi) is 11.8. The monoisotopic (exact) mass is 625 g/mol. The third-order valence-corrected chi connectivity index (χ3v) is 9.20. The van der Waals surface area contributed by atoms with Crippen LogP contribution in [0, 0.1) is 0 Å². The van der Waals surface area contributed by atoms with Crippen molar-refractivity contribution < 1.29 is 14.4 Å². The highest BCUT2D eigenvalue weighted by molar-refractivity contribution is 5.95. The number of hydrogen-bond donors (Lipinski definition) is 1. The summed E-state index contributed by atoms with van der Waals surface area (Å²) in [5, 5.41) is 2.17. The quantitative estimate of drug-likeness (QED) is 0.299. The number of carbonyl (C=O) groups is 3. The summed E-state index contributed by atoms with van der Waals surface area (Å²) in [5.41, 5.74) is 7.58. The van der Waals surface area contributed by atoms with Gasteiger partial charge in [-0.15, -0.1) is 0 Å².